The summed E-state index contributed by atoms with van der Waals surface area (Å²) in [7, 11) is 0. The molecule has 0 spiro atoms. The molecule has 0 radical (unpaired) electrons. The Morgan fingerprint density at radius 2 is 0.982 bits per heavy atom. The van der Waals surface area contributed by atoms with E-state index in [-0.39, 0.29) is 0 Å². The highest BCUT2D eigenvalue weighted by Crippen LogP contribution is 2.45. The summed E-state index contributed by atoms with van der Waals surface area (Å²) < 4.78 is 8.87. The van der Waals surface area contributed by atoms with Crippen LogP contribution in [-0.4, -0.2) is 0 Å². The molecule has 0 fully saturated rings. The molecule has 3 heteroatoms. The quantitative estimate of drug-likeness (QED) is 0.170. The molecule has 0 aliphatic carbocycles. The lowest BCUT2D eigenvalue weighted by molar-refractivity contribution is 0.669. The van der Waals surface area contributed by atoms with E-state index in [1.807, 2.05) is 23.5 Å². The molecule has 0 aliphatic heterocycles. The van der Waals surface area contributed by atoms with Crippen molar-refractivity contribution < 1.29 is 4.42 Å². The first-order chi connectivity index (χ1) is 27.2. The van der Waals surface area contributed by atoms with Crippen LogP contribution in [0.2, 0.25) is 0 Å². The van der Waals surface area contributed by atoms with Crippen LogP contribution in [0, 0.1) is 0 Å². The topological polar surface area (TPSA) is 16.4 Å². The Morgan fingerprint density at radius 3 is 1.91 bits per heavy atom. The van der Waals surface area contributed by atoms with Gasteiger partial charge >= 0.3 is 0 Å². The predicted molar refractivity (Wildman–Crippen MR) is 235 cm³/mol. The van der Waals surface area contributed by atoms with E-state index < -0.39 is 0 Å². The fraction of sp³-hybridized carbons (Fsp3) is 0. The normalized spacial score (nSPS) is 11.6. The number of rotatable bonds is 6. The Hall–Kier alpha value is -6.94. The molecule has 2 nitrogen and oxygen atoms in total. The van der Waals surface area contributed by atoms with E-state index >= 15 is 0 Å². The Morgan fingerprint density at radius 1 is 0.345 bits per heavy atom. The van der Waals surface area contributed by atoms with E-state index in [1.165, 1.54) is 53.2 Å². The lowest BCUT2D eigenvalue weighted by Gasteiger charge is -2.28. The summed E-state index contributed by atoms with van der Waals surface area (Å²) in [6.45, 7) is 0. The van der Waals surface area contributed by atoms with Crippen LogP contribution in [0.1, 0.15) is 0 Å². The number of thiophene rings is 1. The number of hydrogen-bond acceptors (Lipinski definition) is 3. The molecule has 0 N–H and O–H groups in total. The smallest absolute Gasteiger partial charge is 0.136 e. The monoisotopic (exact) mass is 719 g/mol. The van der Waals surface area contributed by atoms with Gasteiger partial charge in [-0.3, -0.25) is 0 Å². The van der Waals surface area contributed by atoms with E-state index in [0.29, 0.717) is 0 Å². The largest absolute Gasteiger partial charge is 0.456 e. The van der Waals surface area contributed by atoms with Gasteiger partial charge in [0.05, 0.1) is 5.69 Å². The third-order valence-corrected chi connectivity index (χ3v) is 12.0. The first-order valence-corrected chi connectivity index (χ1v) is 19.5. The van der Waals surface area contributed by atoms with E-state index in [2.05, 4.69) is 193 Å². The van der Waals surface area contributed by atoms with Gasteiger partial charge in [-0.05, 0) is 99.3 Å². The Kier molecular flexibility index (Phi) is 7.39. The van der Waals surface area contributed by atoms with Gasteiger partial charge in [0.15, 0.2) is 0 Å². The second-order valence-corrected chi connectivity index (χ2v) is 15.2. The lowest BCUT2D eigenvalue weighted by Crippen LogP contribution is -2.11. The van der Waals surface area contributed by atoms with Crippen LogP contribution in [0.4, 0.5) is 17.1 Å². The van der Waals surface area contributed by atoms with Crippen molar-refractivity contribution in [3.63, 3.8) is 0 Å². The molecule has 0 aliphatic rings. The zero-order valence-corrected chi connectivity index (χ0v) is 30.6. The second-order valence-electron chi connectivity index (χ2n) is 14.1. The van der Waals surface area contributed by atoms with Crippen molar-refractivity contribution in [1.29, 1.82) is 0 Å². The molecule has 258 valence electrons. The molecule has 0 unspecified atom stereocenters. The van der Waals surface area contributed by atoms with Gasteiger partial charge in [-0.15, -0.1) is 11.3 Å². The molecule has 0 bridgehead atoms. The second kappa shape index (κ2) is 12.9. The number of anilines is 3. The van der Waals surface area contributed by atoms with Crippen molar-refractivity contribution in [1.82, 2.24) is 0 Å². The molecular weight excluding hydrogens is 687 g/mol. The summed E-state index contributed by atoms with van der Waals surface area (Å²) in [5, 5.41) is 7.38. The molecule has 11 aromatic rings. The minimum atomic E-state index is 0.902. The van der Waals surface area contributed by atoms with E-state index in [1.54, 1.807) is 0 Å². The number of nitrogens with zero attached hydrogens (tertiary/aromatic N) is 1. The summed E-state index contributed by atoms with van der Waals surface area (Å²) >= 11 is 1.86. The van der Waals surface area contributed by atoms with Crippen LogP contribution in [0.5, 0.6) is 0 Å². The maximum Gasteiger partial charge on any atom is 0.136 e. The fourth-order valence-corrected chi connectivity index (χ4v) is 9.38. The molecule has 55 heavy (non-hydrogen) atoms. The number of furan rings is 1. The van der Waals surface area contributed by atoms with Crippen LogP contribution >= 0.6 is 11.3 Å². The van der Waals surface area contributed by atoms with Crippen molar-refractivity contribution in [2.24, 2.45) is 0 Å². The standard InChI is InChI=1S/C52H33NOS/c1-2-15-41-35(11-1)12-10-19-42(41)37-13-9-14-40(31-37)53(39-27-23-34(24-28-39)36-25-29-45-44-17-4-7-21-49(44)54-50(45)32-36)48-20-6-3-16-43(48)38-26-30-47-46-18-5-8-22-51(46)55-52(47)33-38/h1-33H. The van der Waals surface area contributed by atoms with Crippen LogP contribution in [-0.2, 0) is 0 Å². The molecule has 0 saturated heterocycles. The molecular formula is C52H33NOS. The first kappa shape index (κ1) is 31.6. The highest BCUT2D eigenvalue weighted by Gasteiger charge is 2.19. The fourth-order valence-electron chi connectivity index (χ4n) is 8.23. The van der Waals surface area contributed by atoms with Crippen molar-refractivity contribution in [3.05, 3.63) is 200 Å². The third kappa shape index (κ3) is 5.40. The number of fused-ring (bicyclic) bond motifs is 7. The Bertz CT molecular complexity index is 3220. The molecule has 0 amide bonds. The summed E-state index contributed by atoms with van der Waals surface area (Å²) in [6, 6.07) is 72.3. The highest BCUT2D eigenvalue weighted by molar-refractivity contribution is 7.25. The van der Waals surface area contributed by atoms with E-state index in [0.717, 1.165) is 50.1 Å². The van der Waals surface area contributed by atoms with E-state index in [9.17, 15) is 0 Å². The maximum absolute atomic E-state index is 6.26. The lowest BCUT2D eigenvalue weighted by atomic mass is 9.97. The molecule has 9 aromatic carbocycles. The summed E-state index contributed by atoms with van der Waals surface area (Å²) in [5.74, 6) is 0. The Balaban J connectivity index is 1.06. The molecule has 2 heterocycles. The summed E-state index contributed by atoms with van der Waals surface area (Å²) in [4.78, 5) is 2.41. The summed E-state index contributed by atoms with van der Waals surface area (Å²) in [5.41, 5.74) is 12.1. The highest BCUT2D eigenvalue weighted by atomic mass is 32.1. The average molecular weight is 720 g/mol. The van der Waals surface area contributed by atoms with Gasteiger partial charge in [0.2, 0.25) is 0 Å². The minimum absolute atomic E-state index is 0.902. The van der Waals surface area contributed by atoms with Gasteiger partial charge < -0.3 is 9.32 Å². The number of benzene rings is 9. The van der Waals surface area contributed by atoms with Crippen LogP contribution in [0.15, 0.2) is 205 Å². The van der Waals surface area contributed by atoms with Crippen molar-refractivity contribution in [3.8, 4) is 33.4 Å². The molecule has 0 atom stereocenters. The number of hydrogen-bond donors (Lipinski definition) is 0. The van der Waals surface area contributed by atoms with Gasteiger partial charge in [-0.25, -0.2) is 0 Å². The van der Waals surface area contributed by atoms with E-state index in [4.69, 9.17) is 4.42 Å². The first-order valence-electron chi connectivity index (χ1n) is 18.7. The molecule has 0 saturated carbocycles. The Labute approximate surface area is 322 Å². The number of para-hydroxylation sites is 2. The van der Waals surface area contributed by atoms with Crippen molar-refractivity contribution in [2.75, 3.05) is 4.90 Å². The van der Waals surface area contributed by atoms with Gasteiger partial charge in [-0.1, -0.05) is 140 Å². The molecule has 11 rings (SSSR count). The van der Waals surface area contributed by atoms with Crippen molar-refractivity contribution >= 4 is 81.3 Å². The van der Waals surface area contributed by atoms with Crippen LogP contribution in [0.25, 0.3) is 86.3 Å². The minimum Gasteiger partial charge on any atom is -0.456 e. The molecule has 2 aromatic heterocycles. The SMILES string of the molecule is c1cc(-c2cccc3ccccc23)cc(N(c2ccc(-c3ccc4c(c3)oc3ccccc34)cc2)c2ccccc2-c2ccc3c(c2)sc2ccccc23)c1. The van der Waals surface area contributed by atoms with Gasteiger partial charge in [0, 0.05) is 47.9 Å². The maximum atomic E-state index is 6.26. The van der Waals surface area contributed by atoms with Gasteiger partial charge in [0.25, 0.3) is 0 Å². The van der Waals surface area contributed by atoms with Gasteiger partial charge in [-0.2, -0.15) is 0 Å². The zero-order valence-electron chi connectivity index (χ0n) is 29.8. The zero-order chi connectivity index (χ0) is 36.3. The van der Waals surface area contributed by atoms with Crippen LogP contribution < -0.4 is 4.90 Å². The summed E-state index contributed by atoms with van der Waals surface area (Å²) in [6.07, 6.45) is 0. The van der Waals surface area contributed by atoms with Gasteiger partial charge in [0.1, 0.15) is 11.2 Å². The third-order valence-electron chi connectivity index (χ3n) is 10.9. The average Bonchev–Trinajstić information content (AvgIpc) is 3.82. The van der Waals surface area contributed by atoms with Crippen LogP contribution in [0.3, 0.4) is 0 Å². The predicted octanol–water partition coefficient (Wildman–Crippen LogP) is 15.6. The van der Waals surface area contributed by atoms with Crippen molar-refractivity contribution in [2.45, 2.75) is 0 Å².